The number of ether oxygens (including phenoxy) is 1. The largest absolute Gasteiger partial charge is 1.00 e. The van der Waals surface area contributed by atoms with Crippen LogP contribution >= 0.6 is 0 Å². The fourth-order valence-electron chi connectivity index (χ4n) is 1.35. The average Bonchev–Trinajstić information content (AvgIpc) is 2.30. The minimum Gasteiger partial charge on any atom is -0.642 e. The monoisotopic (exact) mass is 316 g/mol. The SMILES string of the molecule is O=[C-]OCN(CCN(CC(=O)[O-])CC(=O)[O-])CC(=O)[O-].[Li+].[Li+].[Li+].[Li+]. The summed E-state index contributed by atoms with van der Waals surface area (Å²) in [6.07, 6.45) is 0. The first-order valence-corrected chi connectivity index (χ1v) is 5.38. The molecule has 0 radical (unpaired) electrons. The first-order chi connectivity index (χ1) is 9.35. The molecule has 0 aromatic carbocycles. The van der Waals surface area contributed by atoms with Crippen molar-refractivity contribution in [3.8, 4) is 0 Å². The summed E-state index contributed by atoms with van der Waals surface area (Å²) in [5.41, 5.74) is 0. The maximum absolute atomic E-state index is 10.4. The number of hydrogen-bond donors (Lipinski definition) is 0. The van der Waals surface area contributed by atoms with Gasteiger partial charge in [0.25, 0.3) is 0 Å². The molecule has 10 nitrogen and oxygen atoms in total. The van der Waals surface area contributed by atoms with Gasteiger partial charge in [-0.15, -0.1) is 0 Å². The molecule has 0 aromatic heterocycles. The van der Waals surface area contributed by atoms with Gasteiger partial charge in [0.15, 0.2) is 0 Å². The third-order valence-electron chi connectivity index (χ3n) is 2.10. The van der Waals surface area contributed by atoms with Crippen molar-refractivity contribution in [3.05, 3.63) is 0 Å². The van der Waals surface area contributed by atoms with Crippen molar-refractivity contribution >= 4 is 24.4 Å². The van der Waals surface area contributed by atoms with Crippen LogP contribution in [0.3, 0.4) is 0 Å². The maximum Gasteiger partial charge on any atom is 1.00 e. The van der Waals surface area contributed by atoms with Crippen molar-refractivity contribution in [2.75, 3.05) is 39.5 Å². The zero-order chi connectivity index (χ0) is 15.5. The van der Waals surface area contributed by atoms with E-state index >= 15 is 0 Å². The smallest absolute Gasteiger partial charge is 0.642 e. The average molecular weight is 316 g/mol. The summed E-state index contributed by atoms with van der Waals surface area (Å²) in [4.78, 5) is 43.3. The van der Waals surface area contributed by atoms with E-state index in [1.165, 1.54) is 0 Å². The number of carbonyl (C=O) groups is 3. The Morgan fingerprint density at radius 3 is 1.42 bits per heavy atom. The molecule has 0 aromatic rings. The summed E-state index contributed by atoms with van der Waals surface area (Å²) in [5, 5.41) is 31.3. The predicted octanol–water partition coefficient (Wildman–Crippen LogP) is -18.1. The van der Waals surface area contributed by atoms with Crippen molar-refractivity contribution < 1.29 is 115 Å². The van der Waals surface area contributed by atoms with Gasteiger partial charge in [-0.2, -0.15) is 0 Å². The Kier molecular flexibility index (Phi) is 31.3. The number of carboxylic acid groups (broad SMARTS) is 3. The van der Waals surface area contributed by atoms with E-state index in [4.69, 9.17) is 0 Å². The van der Waals surface area contributed by atoms with E-state index in [-0.39, 0.29) is 88.5 Å². The van der Waals surface area contributed by atoms with Crippen LogP contribution in [0.4, 0.5) is 0 Å². The van der Waals surface area contributed by atoms with Gasteiger partial charge in [0, 0.05) is 32.7 Å². The van der Waals surface area contributed by atoms with Crippen LogP contribution in [0.5, 0.6) is 0 Å². The van der Waals surface area contributed by atoms with Crippen LogP contribution in [0.1, 0.15) is 0 Å². The maximum atomic E-state index is 10.4. The first kappa shape index (κ1) is 35.3. The van der Waals surface area contributed by atoms with Crippen LogP contribution in [-0.4, -0.2) is 73.6 Å². The molecule has 24 heavy (non-hydrogen) atoms. The van der Waals surface area contributed by atoms with Crippen molar-refractivity contribution in [1.82, 2.24) is 9.80 Å². The van der Waals surface area contributed by atoms with Gasteiger partial charge in [-0.25, -0.2) is 0 Å². The zero-order valence-corrected chi connectivity index (χ0v) is 14.4. The number of hydrogen-bond acceptors (Lipinski definition) is 10. The molecule has 0 saturated heterocycles. The summed E-state index contributed by atoms with van der Waals surface area (Å²) < 4.78 is 4.24. The van der Waals surface area contributed by atoms with E-state index in [1.807, 2.05) is 0 Å². The standard InChI is InChI=1S/C10H15N2O8.4Li/c13-7-20-6-12(5-10(18)19)2-1-11(3-8(14)15)4-9(16)17;;;;/h1-6H2,(H,14,15)(H,16,17)(H,18,19);;;;/q-1;4*+1/p-3. The van der Waals surface area contributed by atoms with Crippen molar-refractivity contribution in [2.45, 2.75) is 0 Å². The fraction of sp³-hybridized carbons (Fsp3) is 0.600. The predicted molar refractivity (Wildman–Crippen MR) is 54.7 cm³/mol. The molecule has 0 N–H and O–H groups in total. The normalized spacial score (nSPS) is 8.75. The third kappa shape index (κ3) is 22.2. The summed E-state index contributed by atoms with van der Waals surface area (Å²) in [7, 11) is 0. The molecule has 0 aliphatic carbocycles. The van der Waals surface area contributed by atoms with Gasteiger partial charge in [0.1, 0.15) is 6.73 Å². The van der Waals surface area contributed by atoms with Crippen molar-refractivity contribution in [2.24, 2.45) is 0 Å². The van der Waals surface area contributed by atoms with Gasteiger partial charge < -0.3 is 39.2 Å². The molecule has 0 atom stereocenters. The van der Waals surface area contributed by atoms with Crippen LogP contribution < -0.4 is 90.8 Å². The molecule has 114 valence electrons. The molecule has 0 heterocycles. The van der Waals surface area contributed by atoms with Gasteiger partial charge in [0.2, 0.25) is 0 Å². The van der Waals surface area contributed by atoms with E-state index in [0.717, 1.165) is 16.3 Å². The summed E-state index contributed by atoms with van der Waals surface area (Å²) >= 11 is 0. The van der Waals surface area contributed by atoms with Crippen LogP contribution in [0.15, 0.2) is 0 Å². The van der Waals surface area contributed by atoms with E-state index in [2.05, 4.69) is 4.74 Å². The fourth-order valence-corrected chi connectivity index (χ4v) is 1.35. The van der Waals surface area contributed by atoms with Crippen LogP contribution in [0.2, 0.25) is 0 Å². The molecular formula is C10H12Li4N2O8. The van der Waals surface area contributed by atoms with E-state index in [0.29, 0.717) is 0 Å². The molecule has 0 unspecified atom stereocenters. The molecular weight excluding hydrogens is 304 g/mol. The summed E-state index contributed by atoms with van der Waals surface area (Å²) in [6.45, 7) is -1.39. The van der Waals surface area contributed by atoms with Gasteiger partial charge in [-0.3, -0.25) is 9.80 Å². The molecule has 0 spiro atoms. The number of nitrogens with zero attached hydrogens (tertiary/aromatic N) is 2. The van der Waals surface area contributed by atoms with E-state index in [1.54, 1.807) is 0 Å². The Bertz CT molecular complexity index is 359. The van der Waals surface area contributed by atoms with E-state index in [9.17, 15) is 34.5 Å². The zero-order valence-electron chi connectivity index (χ0n) is 14.4. The summed E-state index contributed by atoms with van der Waals surface area (Å²) in [5.74, 6) is -4.42. The Morgan fingerprint density at radius 2 is 1.08 bits per heavy atom. The minimum atomic E-state index is -1.49. The molecule has 0 saturated carbocycles. The number of carbonyl (C=O) groups excluding carboxylic acids is 4. The second kappa shape index (κ2) is 21.2. The van der Waals surface area contributed by atoms with Crippen molar-refractivity contribution in [3.63, 3.8) is 0 Å². The number of carboxylic acids is 3. The Morgan fingerprint density at radius 1 is 0.750 bits per heavy atom. The van der Waals surface area contributed by atoms with Gasteiger partial charge in [0.05, 0.1) is 17.9 Å². The quantitative estimate of drug-likeness (QED) is 0.192. The minimum absolute atomic E-state index is 0. The third-order valence-corrected chi connectivity index (χ3v) is 2.10. The second-order valence-electron chi connectivity index (χ2n) is 3.74. The Balaban J connectivity index is -0.000000301. The van der Waals surface area contributed by atoms with Crippen molar-refractivity contribution in [1.29, 1.82) is 0 Å². The first-order valence-electron chi connectivity index (χ1n) is 5.38. The van der Waals surface area contributed by atoms with Gasteiger partial charge in [-0.1, -0.05) is 6.47 Å². The molecule has 0 bridgehead atoms. The van der Waals surface area contributed by atoms with Gasteiger partial charge >= 0.3 is 75.4 Å². The molecule has 0 aliphatic rings. The Labute approximate surface area is 187 Å². The number of aliphatic carboxylic acids is 3. The molecule has 0 rings (SSSR count). The van der Waals surface area contributed by atoms with Crippen LogP contribution in [-0.2, 0) is 23.9 Å². The molecule has 0 fully saturated rings. The van der Waals surface area contributed by atoms with E-state index < -0.39 is 44.3 Å². The summed E-state index contributed by atoms with van der Waals surface area (Å²) in [6, 6.07) is 0. The van der Waals surface area contributed by atoms with Crippen LogP contribution in [0, 0.1) is 0 Å². The van der Waals surface area contributed by atoms with Crippen LogP contribution in [0.25, 0.3) is 0 Å². The Hall–Kier alpha value is 0.190. The number of rotatable bonds is 12. The van der Waals surface area contributed by atoms with Gasteiger partial charge in [-0.05, 0) is 0 Å². The topological polar surface area (TPSA) is 153 Å². The second-order valence-corrected chi connectivity index (χ2v) is 3.74. The molecule has 0 aliphatic heterocycles. The molecule has 14 heteroatoms. The molecule has 0 amide bonds.